The molecule has 8 heteroatoms. The summed E-state index contributed by atoms with van der Waals surface area (Å²) >= 11 is 0. The van der Waals surface area contributed by atoms with Gasteiger partial charge in [0.25, 0.3) is 12.0 Å². The molecule has 6 nitrogen and oxygen atoms in total. The third kappa shape index (κ3) is 3.81. The smallest absolute Gasteiger partial charge is 0.261 e. The van der Waals surface area contributed by atoms with Crippen LogP contribution in [-0.2, 0) is 11.3 Å². The molecule has 0 amide bonds. The Hall–Kier alpha value is -1.90. The van der Waals surface area contributed by atoms with E-state index in [9.17, 15) is 18.7 Å². The number of ether oxygens (including phenoxy) is 1. The molecule has 28 heavy (non-hydrogen) atoms. The Labute approximate surface area is 161 Å². The summed E-state index contributed by atoms with van der Waals surface area (Å²) < 4.78 is 33.0. The second-order valence-corrected chi connectivity index (χ2v) is 7.76. The van der Waals surface area contributed by atoms with Crippen molar-refractivity contribution in [3.63, 3.8) is 0 Å². The molecule has 2 saturated heterocycles. The average Bonchev–Trinajstić information content (AvgIpc) is 3.11. The molecule has 1 unspecified atom stereocenters. The summed E-state index contributed by atoms with van der Waals surface area (Å²) in [6.07, 6.45) is 0.0417. The van der Waals surface area contributed by atoms with Crippen LogP contribution < -0.4 is 5.56 Å². The largest absolute Gasteiger partial charge is 0.388 e. The number of rotatable bonds is 5. The Morgan fingerprint density at radius 1 is 1.29 bits per heavy atom. The summed E-state index contributed by atoms with van der Waals surface area (Å²) in [6, 6.07) is 6.59. The second kappa shape index (κ2) is 7.85. The number of aromatic nitrogens is 2. The number of fused-ring (bicyclic) bond motifs is 1. The number of halogens is 2. The standard InChI is InChI=1S/C20H25F2N3O3/c21-17(22)12-25-18(23-15-5-2-1-4-14(15)19(25)26)16-6-3-9-24(16)13-20(27)7-10-28-11-8-20/h1-2,4-5,16-17,27H,3,6-13H2. The van der Waals surface area contributed by atoms with Gasteiger partial charge >= 0.3 is 0 Å². The molecule has 0 radical (unpaired) electrons. The van der Waals surface area contributed by atoms with Crippen molar-refractivity contribution in [1.29, 1.82) is 0 Å². The van der Waals surface area contributed by atoms with Gasteiger partial charge in [-0.25, -0.2) is 13.8 Å². The quantitative estimate of drug-likeness (QED) is 0.845. The molecule has 2 fully saturated rings. The normalized spacial score (nSPS) is 22.9. The first-order valence-corrected chi connectivity index (χ1v) is 9.79. The highest BCUT2D eigenvalue weighted by atomic mass is 19.3. The lowest BCUT2D eigenvalue weighted by molar-refractivity contribution is -0.0821. The van der Waals surface area contributed by atoms with Crippen LogP contribution in [-0.4, -0.2) is 57.9 Å². The number of alkyl halides is 2. The van der Waals surface area contributed by atoms with E-state index in [-0.39, 0.29) is 6.04 Å². The lowest BCUT2D eigenvalue weighted by atomic mass is 9.93. The van der Waals surface area contributed by atoms with Crippen molar-refractivity contribution < 1.29 is 18.6 Å². The van der Waals surface area contributed by atoms with Crippen molar-refractivity contribution in [2.75, 3.05) is 26.3 Å². The number of aliphatic hydroxyl groups is 1. The van der Waals surface area contributed by atoms with E-state index >= 15 is 0 Å². The number of hydrogen-bond donors (Lipinski definition) is 1. The molecule has 152 valence electrons. The van der Waals surface area contributed by atoms with Crippen LogP contribution in [0.25, 0.3) is 10.9 Å². The predicted molar refractivity (Wildman–Crippen MR) is 101 cm³/mol. The van der Waals surface area contributed by atoms with Gasteiger partial charge in [-0.1, -0.05) is 12.1 Å². The van der Waals surface area contributed by atoms with E-state index in [1.165, 1.54) is 0 Å². The summed E-state index contributed by atoms with van der Waals surface area (Å²) in [4.78, 5) is 19.6. The van der Waals surface area contributed by atoms with Crippen molar-refractivity contribution in [1.82, 2.24) is 14.5 Å². The molecular weight excluding hydrogens is 368 g/mol. The lowest BCUT2D eigenvalue weighted by Crippen LogP contribution is -2.47. The Kier molecular flexibility index (Phi) is 5.44. The Morgan fingerprint density at radius 3 is 2.79 bits per heavy atom. The van der Waals surface area contributed by atoms with Gasteiger partial charge in [0, 0.05) is 32.6 Å². The molecule has 0 aliphatic carbocycles. The molecule has 0 bridgehead atoms. The summed E-state index contributed by atoms with van der Waals surface area (Å²) in [7, 11) is 0. The highest BCUT2D eigenvalue weighted by Gasteiger charge is 2.38. The molecule has 0 saturated carbocycles. The van der Waals surface area contributed by atoms with Crippen LogP contribution in [0.5, 0.6) is 0 Å². The minimum Gasteiger partial charge on any atom is -0.388 e. The van der Waals surface area contributed by atoms with Gasteiger partial charge < -0.3 is 9.84 Å². The number of hydrogen-bond acceptors (Lipinski definition) is 5. The van der Waals surface area contributed by atoms with Crippen LogP contribution in [0.1, 0.15) is 37.5 Å². The fourth-order valence-corrected chi connectivity index (χ4v) is 4.35. The van der Waals surface area contributed by atoms with E-state index in [1.54, 1.807) is 24.3 Å². The van der Waals surface area contributed by atoms with E-state index in [2.05, 4.69) is 9.88 Å². The summed E-state index contributed by atoms with van der Waals surface area (Å²) in [5, 5.41) is 11.3. The highest BCUT2D eigenvalue weighted by molar-refractivity contribution is 5.77. The van der Waals surface area contributed by atoms with E-state index in [1.807, 2.05) is 0 Å². The Morgan fingerprint density at radius 2 is 2.04 bits per heavy atom. The minimum absolute atomic E-state index is 0.261. The molecule has 3 heterocycles. The molecule has 2 aliphatic rings. The third-order valence-corrected chi connectivity index (χ3v) is 5.79. The summed E-state index contributed by atoms with van der Waals surface area (Å²) in [6.45, 7) is 1.52. The number of likely N-dealkylation sites (tertiary alicyclic amines) is 1. The summed E-state index contributed by atoms with van der Waals surface area (Å²) in [5.41, 5.74) is -0.770. The Bertz CT molecular complexity index is 896. The molecule has 0 spiro atoms. The van der Waals surface area contributed by atoms with Crippen LogP contribution in [0.3, 0.4) is 0 Å². The maximum absolute atomic E-state index is 13.2. The van der Waals surface area contributed by atoms with Crippen LogP contribution in [0.4, 0.5) is 8.78 Å². The second-order valence-electron chi connectivity index (χ2n) is 7.76. The fraction of sp³-hybridized carbons (Fsp3) is 0.600. The molecule has 4 rings (SSSR count). The molecule has 1 aromatic heterocycles. The number of β-amino-alcohol motifs (C(OH)–C–C–N with tert-alkyl or cyclic N) is 1. The average molecular weight is 393 g/mol. The highest BCUT2D eigenvalue weighted by Crippen LogP contribution is 2.34. The zero-order chi connectivity index (χ0) is 19.7. The monoisotopic (exact) mass is 393 g/mol. The minimum atomic E-state index is -2.64. The van der Waals surface area contributed by atoms with Crippen LogP contribution in [0.15, 0.2) is 29.1 Å². The van der Waals surface area contributed by atoms with E-state index in [0.717, 1.165) is 24.0 Å². The SMILES string of the molecule is O=c1c2ccccc2nc(C2CCCN2CC2(O)CCOCC2)n1CC(F)F. The third-order valence-electron chi connectivity index (χ3n) is 5.79. The van der Waals surface area contributed by atoms with Gasteiger partial charge in [-0.3, -0.25) is 14.3 Å². The first-order chi connectivity index (χ1) is 13.5. The van der Waals surface area contributed by atoms with E-state index in [4.69, 9.17) is 4.74 Å². The number of para-hydroxylation sites is 1. The molecule has 1 atom stereocenters. The maximum Gasteiger partial charge on any atom is 0.261 e. The van der Waals surface area contributed by atoms with Crippen molar-refractivity contribution in [2.45, 2.75) is 50.3 Å². The van der Waals surface area contributed by atoms with E-state index in [0.29, 0.717) is 49.3 Å². The molecule has 2 aromatic rings. The van der Waals surface area contributed by atoms with Crippen LogP contribution >= 0.6 is 0 Å². The molecule has 2 aliphatic heterocycles. The summed E-state index contributed by atoms with van der Waals surface area (Å²) in [5.74, 6) is 0.372. The van der Waals surface area contributed by atoms with Gasteiger partial charge in [0.2, 0.25) is 0 Å². The van der Waals surface area contributed by atoms with Crippen LogP contribution in [0.2, 0.25) is 0 Å². The number of benzene rings is 1. The zero-order valence-electron chi connectivity index (χ0n) is 15.7. The zero-order valence-corrected chi connectivity index (χ0v) is 15.7. The molecule has 1 aromatic carbocycles. The van der Waals surface area contributed by atoms with Crippen molar-refractivity contribution in [3.8, 4) is 0 Å². The van der Waals surface area contributed by atoms with Crippen molar-refractivity contribution in [3.05, 3.63) is 40.4 Å². The topological polar surface area (TPSA) is 67.6 Å². The molecule has 1 N–H and O–H groups in total. The van der Waals surface area contributed by atoms with Gasteiger partial charge in [0.05, 0.1) is 29.1 Å². The Balaban J connectivity index is 1.72. The number of nitrogens with zero attached hydrogens (tertiary/aromatic N) is 3. The van der Waals surface area contributed by atoms with Crippen LogP contribution in [0, 0.1) is 0 Å². The fourth-order valence-electron chi connectivity index (χ4n) is 4.35. The van der Waals surface area contributed by atoms with E-state index < -0.39 is 24.1 Å². The maximum atomic E-state index is 13.2. The predicted octanol–water partition coefficient (Wildman–Crippen LogP) is 2.34. The van der Waals surface area contributed by atoms with Crippen molar-refractivity contribution >= 4 is 10.9 Å². The van der Waals surface area contributed by atoms with Gasteiger partial charge in [0.15, 0.2) is 0 Å². The van der Waals surface area contributed by atoms with Crippen molar-refractivity contribution in [2.24, 2.45) is 0 Å². The first-order valence-electron chi connectivity index (χ1n) is 9.79. The van der Waals surface area contributed by atoms with Gasteiger partial charge in [-0.15, -0.1) is 0 Å². The molecular formula is C20H25F2N3O3. The van der Waals surface area contributed by atoms with Gasteiger partial charge in [-0.2, -0.15) is 0 Å². The lowest BCUT2D eigenvalue weighted by Gasteiger charge is -2.37. The first kappa shape index (κ1) is 19.4. The van der Waals surface area contributed by atoms with Gasteiger partial charge in [-0.05, 0) is 31.5 Å². The van der Waals surface area contributed by atoms with Gasteiger partial charge in [0.1, 0.15) is 5.82 Å².